The predicted octanol–water partition coefficient (Wildman–Crippen LogP) is 0.653. The minimum Gasteiger partial charge on any atom is -0.340 e. The molecule has 2 aliphatic rings. The molecule has 2 saturated heterocycles. The van der Waals surface area contributed by atoms with Gasteiger partial charge in [-0.3, -0.25) is 4.79 Å². The van der Waals surface area contributed by atoms with Crippen LogP contribution in [0.5, 0.6) is 0 Å². The Labute approximate surface area is 192 Å². The van der Waals surface area contributed by atoms with E-state index in [4.69, 9.17) is 5.73 Å². The Balaban J connectivity index is 1.61. The van der Waals surface area contributed by atoms with E-state index >= 15 is 0 Å². The van der Waals surface area contributed by atoms with Gasteiger partial charge in [-0.15, -0.1) is 11.3 Å². The number of piperidine rings is 1. The molecule has 12 heteroatoms. The first-order valence-corrected chi connectivity index (χ1v) is 14.5. The topological polar surface area (TPSA) is 131 Å². The van der Waals surface area contributed by atoms with E-state index in [9.17, 15) is 21.6 Å². The summed E-state index contributed by atoms with van der Waals surface area (Å²) >= 11 is 1.04. The van der Waals surface area contributed by atoms with Crippen molar-refractivity contribution in [2.24, 2.45) is 11.7 Å². The lowest BCUT2D eigenvalue weighted by molar-refractivity contribution is -0.136. The lowest BCUT2D eigenvalue weighted by atomic mass is 9.85. The van der Waals surface area contributed by atoms with E-state index in [-0.39, 0.29) is 60.4 Å². The molecule has 0 aliphatic carbocycles. The molecular weight excluding hydrogens is 472 g/mol. The zero-order valence-corrected chi connectivity index (χ0v) is 19.9. The molecule has 1 amide bonds. The first kappa shape index (κ1) is 23.3. The molecule has 2 fully saturated rings. The highest BCUT2D eigenvalue weighted by molar-refractivity contribution is 7.91. The number of carbonyl (C=O) groups is 1. The minimum atomic E-state index is -3.89. The summed E-state index contributed by atoms with van der Waals surface area (Å²) in [5.74, 6) is -1.02. The van der Waals surface area contributed by atoms with Crippen LogP contribution in [0.1, 0.15) is 22.8 Å². The van der Waals surface area contributed by atoms with Gasteiger partial charge in [0, 0.05) is 43.8 Å². The van der Waals surface area contributed by atoms with E-state index < -0.39 is 25.8 Å². The first-order valence-electron chi connectivity index (χ1n) is 10.4. The molecule has 0 spiro atoms. The van der Waals surface area contributed by atoms with Gasteiger partial charge < -0.3 is 10.6 Å². The normalized spacial score (nSPS) is 24.3. The Bertz CT molecular complexity index is 1170. The van der Waals surface area contributed by atoms with Gasteiger partial charge in [-0.2, -0.15) is 4.31 Å². The van der Waals surface area contributed by atoms with Crippen LogP contribution in [0.4, 0.5) is 0 Å². The van der Waals surface area contributed by atoms with Crippen LogP contribution in [-0.4, -0.2) is 74.6 Å². The summed E-state index contributed by atoms with van der Waals surface area (Å²) in [6.07, 6.45) is 1.97. The minimum absolute atomic E-state index is 0.0260. The molecule has 4 rings (SSSR count). The fourth-order valence-corrected chi connectivity index (χ4v) is 8.14. The number of nitrogens with two attached hydrogens (primary N) is 1. The Morgan fingerprint density at radius 3 is 2.47 bits per heavy atom. The van der Waals surface area contributed by atoms with Crippen LogP contribution in [-0.2, 0) is 31.2 Å². The maximum atomic E-state index is 13.4. The summed E-state index contributed by atoms with van der Waals surface area (Å²) in [6.45, 7) is 0.797. The van der Waals surface area contributed by atoms with Crippen molar-refractivity contribution in [1.29, 1.82) is 0 Å². The molecule has 2 aliphatic heterocycles. The highest BCUT2D eigenvalue weighted by atomic mass is 32.2. The van der Waals surface area contributed by atoms with Crippen molar-refractivity contribution in [3.8, 4) is 0 Å². The van der Waals surface area contributed by atoms with Gasteiger partial charge in [-0.1, -0.05) is 30.3 Å². The second-order valence-electron chi connectivity index (χ2n) is 8.14. The molecule has 174 valence electrons. The number of carbonyl (C=O) groups excluding carboxylic acids is 1. The van der Waals surface area contributed by atoms with E-state index in [1.165, 1.54) is 10.5 Å². The number of amides is 1. The summed E-state index contributed by atoms with van der Waals surface area (Å²) < 4.78 is 51.5. The third kappa shape index (κ3) is 4.88. The lowest BCUT2D eigenvalue weighted by Crippen LogP contribution is -2.52. The molecule has 9 nitrogen and oxygen atoms in total. The molecule has 1 aromatic heterocycles. The number of nitrogens with zero attached hydrogens (tertiary/aromatic N) is 3. The number of hydrogen-bond donors (Lipinski definition) is 1. The summed E-state index contributed by atoms with van der Waals surface area (Å²) in [5, 5.41) is 0. The van der Waals surface area contributed by atoms with E-state index in [0.717, 1.165) is 16.9 Å². The monoisotopic (exact) mass is 498 g/mol. The van der Waals surface area contributed by atoms with E-state index in [1.54, 1.807) is 4.90 Å². The smallest absolute Gasteiger partial charge is 0.270 e. The van der Waals surface area contributed by atoms with Crippen LogP contribution in [0.3, 0.4) is 0 Å². The van der Waals surface area contributed by atoms with Gasteiger partial charge in [-0.05, 0) is 17.9 Å². The Kier molecular flexibility index (Phi) is 6.68. The van der Waals surface area contributed by atoms with Gasteiger partial charge in [0.25, 0.3) is 10.0 Å². The summed E-state index contributed by atoms with van der Waals surface area (Å²) in [4.78, 5) is 19.6. The number of hydrogen-bond acceptors (Lipinski definition) is 8. The quantitative estimate of drug-likeness (QED) is 0.640. The maximum absolute atomic E-state index is 13.4. The van der Waals surface area contributed by atoms with Crippen LogP contribution in [0.2, 0.25) is 0 Å². The highest BCUT2D eigenvalue weighted by Gasteiger charge is 2.41. The van der Waals surface area contributed by atoms with Crippen molar-refractivity contribution >= 4 is 37.1 Å². The van der Waals surface area contributed by atoms with Crippen molar-refractivity contribution in [2.45, 2.75) is 23.2 Å². The van der Waals surface area contributed by atoms with Gasteiger partial charge in [0.15, 0.2) is 9.84 Å². The molecule has 0 bridgehead atoms. The van der Waals surface area contributed by atoms with E-state index in [2.05, 4.69) is 4.98 Å². The second kappa shape index (κ2) is 9.18. The maximum Gasteiger partial charge on any atom is 0.270 e. The van der Waals surface area contributed by atoms with Crippen LogP contribution >= 0.6 is 11.3 Å². The van der Waals surface area contributed by atoms with Gasteiger partial charge in [0.1, 0.15) is 0 Å². The zero-order chi connectivity index (χ0) is 22.9. The van der Waals surface area contributed by atoms with Crippen molar-refractivity contribution in [3.05, 3.63) is 47.0 Å². The number of rotatable bonds is 5. The Morgan fingerprint density at radius 2 is 1.84 bits per heavy atom. The molecule has 0 radical (unpaired) electrons. The van der Waals surface area contributed by atoms with E-state index in [1.807, 2.05) is 30.3 Å². The zero-order valence-electron chi connectivity index (χ0n) is 17.5. The lowest BCUT2D eigenvalue weighted by Gasteiger charge is -2.38. The molecule has 1 aromatic carbocycles. The van der Waals surface area contributed by atoms with Crippen molar-refractivity contribution < 1.29 is 21.6 Å². The standard InChI is InChI=1S/C20H26N4O5S3/c21-11-18-12-22-20(30-18)32(28,29)24-13-16(15-4-2-1-3-5-15)10-17(14-24)19(25)23-6-8-31(26,27)9-7-23/h1-5,12,16-17H,6-11,13-14,21H2/t16-,17+/m1/s1. The van der Waals surface area contributed by atoms with Gasteiger partial charge >= 0.3 is 0 Å². The molecule has 0 unspecified atom stereocenters. The van der Waals surface area contributed by atoms with E-state index in [0.29, 0.717) is 11.3 Å². The van der Waals surface area contributed by atoms with Gasteiger partial charge in [-0.25, -0.2) is 21.8 Å². The number of thiazole rings is 1. The number of aromatic nitrogens is 1. The van der Waals surface area contributed by atoms with Crippen LogP contribution in [0.15, 0.2) is 40.9 Å². The van der Waals surface area contributed by atoms with Crippen LogP contribution in [0.25, 0.3) is 0 Å². The summed E-state index contributed by atoms with van der Waals surface area (Å²) in [5.41, 5.74) is 6.58. The number of benzene rings is 1. The second-order valence-corrected chi connectivity index (χ2v) is 13.7. The SMILES string of the molecule is NCc1cnc(S(=O)(=O)N2C[C@@H](C(=O)N3CCS(=O)(=O)CC3)C[C@@H](c3ccccc3)C2)s1. The molecule has 32 heavy (non-hydrogen) atoms. The Hall–Kier alpha value is -1.86. The van der Waals surface area contributed by atoms with Crippen molar-refractivity contribution in [3.63, 3.8) is 0 Å². The number of sulfonamides is 1. The predicted molar refractivity (Wildman–Crippen MR) is 121 cm³/mol. The summed E-state index contributed by atoms with van der Waals surface area (Å²) in [6, 6.07) is 9.55. The van der Waals surface area contributed by atoms with Gasteiger partial charge in [0.2, 0.25) is 10.2 Å². The fourth-order valence-electron chi connectivity index (χ4n) is 4.21. The number of sulfone groups is 1. The Morgan fingerprint density at radius 1 is 1.16 bits per heavy atom. The summed E-state index contributed by atoms with van der Waals surface area (Å²) in [7, 11) is -7.01. The fraction of sp³-hybridized carbons (Fsp3) is 0.500. The average molecular weight is 499 g/mol. The molecule has 2 N–H and O–H groups in total. The van der Waals surface area contributed by atoms with Crippen molar-refractivity contribution in [2.75, 3.05) is 37.7 Å². The van der Waals surface area contributed by atoms with Crippen LogP contribution < -0.4 is 5.73 Å². The van der Waals surface area contributed by atoms with Gasteiger partial charge in [0.05, 0.1) is 17.4 Å². The molecule has 3 heterocycles. The highest BCUT2D eigenvalue weighted by Crippen LogP contribution is 2.35. The third-order valence-corrected chi connectivity index (χ3v) is 10.8. The molecule has 2 aromatic rings. The third-order valence-electron chi connectivity index (χ3n) is 5.99. The molecule has 0 saturated carbocycles. The molecule has 2 atom stereocenters. The van der Waals surface area contributed by atoms with Crippen molar-refractivity contribution in [1.82, 2.24) is 14.2 Å². The first-order chi connectivity index (χ1) is 15.2. The average Bonchev–Trinajstić information content (AvgIpc) is 3.29. The molecular formula is C20H26N4O5S3. The van der Waals surface area contributed by atoms with Crippen LogP contribution in [0, 0.1) is 5.92 Å². The largest absolute Gasteiger partial charge is 0.340 e.